The molecule has 3 nitrogen and oxygen atoms in total. The summed E-state index contributed by atoms with van der Waals surface area (Å²) < 4.78 is 23.3. The van der Waals surface area contributed by atoms with Gasteiger partial charge in [-0.15, -0.1) is 11.8 Å². The molecule has 0 saturated heterocycles. The normalized spacial score (nSPS) is 17.2. The molecule has 1 unspecified atom stereocenters. The molecular formula is C16H14ClNO2S2. The van der Waals surface area contributed by atoms with Gasteiger partial charge in [-0.25, -0.2) is 8.42 Å². The Morgan fingerprint density at radius 1 is 1.23 bits per heavy atom. The number of hydrogen-bond acceptors (Lipinski definition) is 4. The van der Waals surface area contributed by atoms with E-state index < -0.39 is 9.84 Å². The van der Waals surface area contributed by atoms with E-state index in [1.54, 1.807) is 23.9 Å². The highest BCUT2D eigenvalue weighted by atomic mass is 35.5. The van der Waals surface area contributed by atoms with E-state index in [1.807, 2.05) is 30.3 Å². The summed E-state index contributed by atoms with van der Waals surface area (Å²) in [7, 11) is -3.22. The van der Waals surface area contributed by atoms with Crippen molar-refractivity contribution < 1.29 is 8.42 Å². The Bertz CT molecular complexity index is 862. The first-order valence-corrected chi connectivity index (χ1v) is 9.72. The number of anilines is 1. The molecule has 114 valence electrons. The van der Waals surface area contributed by atoms with Crippen molar-refractivity contribution >= 4 is 38.9 Å². The third-order valence-electron chi connectivity index (χ3n) is 3.43. The zero-order chi connectivity index (χ0) is 15.9. The van der Waals surface area contributed by atoms with Crippen molar-refractivity contribution in [2.75, 3.05) is 11.6 Å². The second-order valence-corrected chi connectivity index (χ2v) is 8.67. The monoisotopic (exact) mass is 351 g/mol. The van der Waals surface area contributed by atoms with Crippen LogP contribution in [0.2, 0.25) is 5.02 Å². The predicted octanol–water partition coefficient (Wildman–Crippen LogP) is 4.52. The van der Waals surface area contributed by atoms with Crippen LogP contribution in [0.4, 0.5) is 5.69 Å². The fourth-order valence-electron chi connectivity index (χ4n) is 2.33. The van der Waals surface area contributed by atoms with Crippen molar-refractivity contribution in [1.29, 1.82) is 0 Å². The molecule has 22 heavy (non-hydrogen) atoms. The maximum absolute atomic E-state index is 11.7. The minimum absolute atomic E-state index is 0.00325. The summed E-state index contributed by atoms with van der Waals surface area (Å²) in [4.78, 5) is 1.27. The number of thioether (sulfide) groups is 1. The highest BCUT2D eigenvalue weighted by molar-refractivity contribution is 7.99. The van der Waals surface area contributed by atoms with Crippen molar-refractivity contribution in [1.82, 2.24) is 0 Å². The lowest BCUT2D eigenvalue weighted by atomic mass is 10.1. The summed E-state index contributed by atoms with van der Waals surface area (Å²) in [6, 6.07) is 12.8. The molecule has 6 heteroatoms. The quantitative estimate of drug-likeness (QED) is 0.883. The number of benzene rings is 2. The molecule has 1 aliphatic heterocycles. The Hall–Kier alpha value is -1.43. The van der Waals surface area contributed by atoms with Gasteiger partial charge in [0, 0.05) is 22.5 Å². The molecule has 0 fully saturated rings. The largest absolute Gasteiger partial charge is 0.358 e. The van der Waals surface area contributed by atoms with E-state index in [-0.39, 0.29) is 5.25 Å². The Kier molecular flexibility index (Phi) is 3.97. The van der Waals surface area contributed by atoms with E-state index in [0.717, 1.165) is 21.8 Å². The van der Waals surface area contributed by atoms with Crippen LogP contribution in [0.5, 0.6) is 0 Å². The Labute approximate surface area is 139 Å². The molecule has 2 aromatic rings. The second-order valence-electron chi connectivity index (χ2n) is 5.10. The van der Waals surface area contributed by atoms with E-state index in [9.17, 15) is 8.42 Å². The molecule has 3 rings (SSSR count). The average Bonchev–Trinajstić information content (AvgIpc) is 2.76. The molecule has 1 aliphatic rings. The summed E-state index contributed by atoms with van der Waals surface area (Å²) in [5, 5.41) is 3.88. The molecule has 0 spiro atoms. The summed E-state index contributed by atoms with van der Waals surface area (Å²) >= 11 is 7.81. The van der Waals surface area contributed by atoms with Gasteiger partial charge in [-0.1, -0.05) is 36.4 Å². The van der Waals surface area contributed by atoms with Crippen LogP contribution in [0.25, 0.3) is 0 Å². The molecule has 1 heterocycles. The van der Waals surface area contributed by atoms with Gasteiger partial charge in [-0.05, 0) is 29.8 Å². The van der Waals surface area contributed by atoms with Crippen molar-refractivity contribution in [3.05, 3.63) is 65.3 Å². The number of nitrogens with one attached hydrogen (secondary N) is 1. The highest BCUT2D eigenvalue weighted by Gasteiger charge is 2.28. The fourth-order valence-corrected chi connectivity index (χ4v) is 4.37. The molecule has 1 N–H and O–H groups in total. The van der Waals surface area contributed by atoms with Crippen molar-refractivity contribution in [2.24, 2.45) is 0 Å². The number of fused-ring (bicyclic) bond motifs is 1. The summed E-state index contributed by atoms with van der Waals surface area (Å²) in [6.45, 7) is 4.04. The van der Waals surface area contributed by atoms with E-state index in [2.05, 4.69) is 11.9 Å². The minimum Gasteiger partial charge on any atom is -0.358 e. The van der Waals surface area contributed by atoms with Crippen LogP contribution in [0.1, 0.15) is 10.8 Å². The van der Waals surface area contributed by atoms with Gasteiger partial charge >= 0.3 is 0 Å². The van der Waals surface area contributed by atoms with Gasteiger partial charge in [0.05, 0.1) is 15.2 Å². The van der Waals surface area contributed by atoms with Crippen LogP contribution in [-0.4, -0.2) is 14.7 Å². The maximum Gasteiger partial charge on any atom is 0.175 e. The van der Waals surface area contributed by atoms with Gasteiger partial charge in [0.15, 0.2) is 9.84 Å². The number of halogens is 1. The lowest BCUT2D eigenvalue weighted by Gasteiger charge is -2.12. The zero-order valence-corrected chi connectivity index (χ0v) is 14.2. The average molecular weight is 352 g/mol. The van der Waals surface area contributed by atoms with Gasteiger partial charge in [0.1, 0.15) is 0 Å². The van der Waals surface area contributed by atoms with Crippen LogP contribution < -0.4 is 5.32 Å². The zero-order valence-electron chi connectivity index (χ0n) is 11.8. The topological polar surface area (TPSA) is 46.2 Å². The predicted molar refractivity (Wildman–Crippen MR) is 92.4 cm³/mol. The van der Waals surface area contributed by atoms with E-state index in [4.69, 9.17) is 11.6 Å². The van der Waals surface area contributed by atoms with Crippen molar-refractivity contribution in [3.8, 4) is 0 Å². The van der Waals surface area contributed by atoms with Crippen LogP contribution in [0.15, 0.2) is 64.5 Å². The number of rotatable bonds is 3. The van der Waals surface area contributed by atoms with Crippen molar-refractivity contribution in [2.45, 2.75) is 15.0 Å². The Morgan fingerprint density at radius 3 is 2.64 bits per heavy atom. The van der Waals surface area contributed by atoms with Gasteiger partial charge < -0.3 is 5.32 Å². The molecular weight excluding hydrogens is 338 g/mol. The fraction of sp³-hybridized carbons (Fsp3) is 0.125. The number of sulfone groups is 1. The molecule has 0 aromatic heterocycles. The van der Waals surface area contributed by atoms with E-state index in [0.29, 0.717) is 9.92 Å². The maximum atomic E-state index is 11.7. The van der Waals surface area contributed by atoms with E-state index >= 15 is 0 Å². The SMILES string of the molecule is C=C1Nc2cc(S(C)(=O)=O)ccc2C1Sc1ccccc1Cl. The highest BCUT2D eigenvalue weighted by Crippen LogP contribution is 2.49. The summed E-state index contributed by atoms with van der Waals surface area (Å²) in [6.07, 6.45) is 1.20. The van der Waals surface area contributed by atoms with Crippen LogP contribution in [0, 0.1) is 0 Å². The van der Waals surface area contributed by atoms with Gasteiger partial charge in [0.2, 0.25) is 0 Å². The van der Waals surface area contributed by atoms with Crippen LogP contribution >= 0.6 is 23.4 Å². The smallest absolute Gasteiger partial charge is 0.175 e. The van der Waals surface area contributed by atoms with Gasteiger partial charge in [0.25, 0.3) is 0 Å². The van der Waals surface area contributed by atoms with Crippen LogP contribution in [-0.2, 0) is 9.84 Å². The Balaban J connectivity index is 1.97. The first-order valence-electron chi connectivity index (χ1n) is 6.57. The Morgan fingerprint density at radius 2 is 1.95 bits per heavy atom. The van der Waals surface area contributed by atoms with E-state index in [1.165, 1.54) is 6.26 Å². The standard InChI is InChI=1S/C16H14ClNO2S2/c1-10-16(21-15-6-4-3-5-13(15)17)12-8-7-11(22(2,19)20)9-14(12)18-10/h3-9,16,18H,1H2,2H3. The molecule has 0 saturated carbocycles. The second kappa shape index (κ2) is 5.65. The minimum atomic E-state index is -3.22. The number of hydrogen-bond donors (Lipinski definition) is 1. The summed E-state index contributed by atoms with van der Waals surface area (Å²) in [5.41, 5.74) is 2.63. The lowest BCUT2D eigenvalue weighted by Crippen LogP contribution is -1.97. The molecule has 0 bridgehead atoms. The van der Waals surface area contributed by atoms with Gasteiger partial charge in [-0.3, -0.25) is 0 Å². The first-order chi connectivity index (χ1) is 10.4. The molecule has 1 atom stereocenters. The molecule has 0 aliphatic carbocycles. The van der Waals surface area contributed by atoms with Gasteiger partial charge in [-0.2, -0.15) is 0 Å². The molecule has 2 aromatic carbocycles. The summed E-state index contributed by atoms with van der Waals surface area (Å²) in [5.74, 6) is 0. The first kappa shape index (κ1) is 15.5. The third-order valence-corrected chi connectivity index (χ3v) is 6.36. The van der Waals surface area contributed by atoms with Crippen molar-refractivity contribution in [3.63, 3.8) is 0 Å². The van der Waals surface area contributed by atoms with Crippen LogP contribution in [0.3, 0.4) is 0 Å². The lowest BCUT2D eigenvalue weighted by molar-refractivity contribution is 0.602. The molecule has 0 amide bonds. The molecule has 0 radical (unpaired) electrons. The third kappa shape index (κ3) is 2.89.